The van der Waals surface area contributed by atoms with Gasteiger partial charge in [0, 0.05) is 18.7 Å². The van der Waals surface area contributed by atoms with Crippen LogP contribution in [0, 0.1) is 11.6 Å². The van der Waals surface area contributed by atoms with E-state index in [0.29, 0.717) is 5.82 Å². The molecule has 0 spiro atoms. The van der Waals surface area contributed by atoms with Gasteiger partial charge in [0.15, 0.2) is 0 Å². The summed E-state index contributed by atoms with van der Waals surface area (Å²) in [5.74, 6) is -1.31. The van der Waals surface area contributed by atoms with E-state index in [9.17, 15) is 18.7 Å². The molecule has 7 heteroatoms. The lowest BCUT2D eigenvalue weighted by Gasteiger charge is -2.14. The molecule has 1 aliphatic carbocycles. The molecule has 1 amide bonds. The first-order chi connectivity index (χ1) is 12.1. The molecule has 0 saturated heterocycles. The molecular weight excluding hydrogens is 328 g/mol. The molecule has 1 heterocycles. The third-order valence-electron chi connectivity index (χ3n) is 4.42. The number of carbonyl (C=O) groups is 1. The maximum Gasteiger partial charge on any atom is 0.270 e. The van der Waals surface area contributed by atoms with Crippen molar-refractivity contribution >= 4 is 5.91 Å². The van der Waals surface area contributed by atoms with Crippen LogP contribution in [0.15, 0.2) is 30.5 Å². The third-order valence-corrected chi connectivity index (χ3v) is 4.42. The van der Waals surface area contributed by atoms with Gasteiger partial charge in [0.1, 0.15) is 29.3 Å². The summed E-state index contributed by atoms with van der Waals surface area (Å²) in [4.78, 5) is 20.7. The largest absolute Gasteiger partial charge is 0.386 e. The lowest BCUT2D eigenvalue weighted by atomic mass is 10.1. The Balaban J connectivity index is 1.65. The minimum Gasteiger partial charge on any atom is -0.386 e. The van der Waals surface area contributed by atoms with Crippen LogP contribution in [0.5, 0.6) is 0 Å². The van der Waals surface area contributed by atoms with Crippen molar-refractivity contribution < 1.29 is 18.7 Å². The third kappa shape index (κ3) is 3.99. The molecule has 1 aliphatic rings. The zero-order valence-electron chi connectivity index (χ0n) is 13.6. The molecule has 1 aromatic heterocycles. The number of carbonyl (C=O) groups excluding carboxylic acids is 1. The Labute approximate surface area is 144 Å². The number of halogens is 2. The van der Waals surface area contributed by atoms with Crippen LogP contribution in [-0.2, 0) is 0 Å². The second-order valence-corrected chi connectivity index (χ2v) is 6.14. The van der Waals surface area contributed by atoms with Gasteiger partial charge in [-0.25, -0.2) is 18.7 Å². The Morgan fingerprint density at radius 1 is 1.24 bits per heavy atom. The van der Waals surface area contributed by atoms with E-state index in [0.717, 1.165) is 37.8 Å². The molecule has 132 valence electrons. The molecule has 2 aromatic rings. The van der Waals surface area contributed by atoms with Crippen LogP contribution in [0.4, 0.5) is 8.78 Å². The van der Waals surface area contributed by atoms with Crippen LogP contribution in [0.25, 0.3) is 0 Å². The molecule has 5 nitrogen and oxygen atoms in total. The van der Waals surface area contributed by atoms with Crippen molar-refractivity contribution in [2.45, 2.75) is 37.7 Å². The fourth-order valence-corrected chi connectivity index (χ4v) is 3.09. The van der Waals surface area contributed by atoms with Crippen molar-refractivity contribution in [2.24, 2.45) is 0 Å². The molecule has 0 bridgehead atoms. The monoisotopic (exact) mass is 347 g/mol. The summed E-state index contributed by atoms with van der Waals surface area (Å²) in [5, 5.41) is 12.4. The van der Waals surface area contributed by atoms with Gasteiger partial charge in [0.05, 0.1) is 5.56 Å². The molecule has 1 saturated carbocycles. The van der Waals surface area contributed by atoms with Crippen LogP contribution in [0.1, 0.15) is 59.6 Å². The van der Waals surface area contributed by atoms with E-state index in [1.54, 1.807) is 0 Å². The zero-order valence-corrected chi connectivity index (χ0v) is 13.6. The summed E-state index contributed by atoms with van der Waals surface area (Å²) in [7, 11) is 0. The Kier molecular flexibility index (Phi) is 5.33. The molecule has 1 aromatic carbocycles. The summed E-state index contributed by atoms with van der Waals surface area (Å²) in [6.45, 7) is -0.320. The van der Waals surface area contributed by atoms with Crippen molar-refractivity contribution in [1.82, 2.24) is 15.3 Å². The lowest BCUT2D eigenvalue weighted by Crippen LogP contribution is -2.30. The Morgan fingerprint density at radius 3 is 2.60 bits per heavy atom. The second kappa shape index (κ2) is 7.65. The van der Waals surface area contributed by atoms with Crippen LogP contribution in [-0.4, -0.2) is 27.5 Å². The molecular formula is C18H19F2N3O2. The van der Waals surface area contributed by atoms with E-state index in [2.05, 4.69) is 15.3 Å². The first-order valence-corrected chi connectivity index (χ1v) is 8.29. The fraction of sp³-hybridized carbons (Fsp3) is 0.389. The van der Waals surface area contributed by atoms with Gasteiger partial charge in [-0.3, -0.25) is 4.79 Å². The summed E-state index contributed by atoms with van der Waals surface area (Å²) in [5.41, 5.74) is -0.282. The Bertz CT molecular complexity index is 743. The van der Waals surface area contributed by atoms with Gasteiger partial charge in [-0.15, -0.1) is 0 Å². The van der Waals surface area contributed by atoms with Gasteiger partial charge in [-0.2, -0.15) is 0 Å². The maximum absolute atomic E-state index is 13.6. The zero-order chi connectivity index (χ0) is 17.8. The summed E-state index contributed by atoms with van der Waals surface area (Å²) < 4.78 is 27.3. The molecule has 1 unspecified atom stereocenters. The highest BCUT2D eigenvalue weighted by Crippen LogP contribution is 2.31. The summed E-state index contributed by atoms with van der Waals surface area (Å²) >= 11 is 0. The number of aromatic nitrogens is 2. The number of aliphatic hydroxyl groups excluding tert-OH is 1. The van der Waals surface area contributed by atoms with Gasteiger partial charge in [-0.1, -0.05) is 18.9 Å². The van der Waals surface area contributed by atoms with Gasteiger partial charge < -0.3 is 10.4 Å². The van der Waals surface area contributed by atoms with Crippen molar-refractivity contribution in [3.8, 4) is 0 Å². The number of benzene rings is 1. The lowest BCUT2D eigenvalue weighted by molar-refractivity contribution is 0.0906. The number of hydrogen-bond acceptors (Lipinski definition) is 4. The van der Waals surface area contributed by atoms with Gasteiger partial charge in [0.25, 0.3) is 5.91 Å². The van der Waals surface area contributed by atoms with Crippen LogP contribution < -0.4 is 5.32 Å². The fourth-order valence-electron chi connectivity index (χ4n) is 3.09. The molecule has 2 N–H and O–H groups in total. The Morgan fingerprint density at radius 2 is 1.92 bits per heavy atom. The molecule has 0 aliphatic heterocycles. The molecule has 0 radical (unpaired) electrons. The van der Waals surface area contributed by atoms with Crippen LogP contribution >= 0.6 is 0 Å². The molecule has 1 atom stereocenters. The first-order valence-electron chi connectivity index (χ1n) is 8.29. The highest BCUT2D eigenvalue weighted by atomic mass is 19.1. The normalized spacial score (nSPS) is 16.0. The van der Waals surface area contributed by atoms with E-state index in [1.165, 1.54) is 18.3 Å². The van der Waals surface area contributed by atoms with Crippen molar-refractivity contribution in [3.63, 3.8) is 0 Å². The van der Waals surface area contributed by atoms with E-state index in [1.807, 2.05) is 0 Å². The van der Waals surface area contributed by atoms with E-state index < -0.39 is 29.2 Å². The van der Waals surface area contributed by atoms with Gasteiger partial charge >= 0.3 is 0 Å². The van der Waals surface area contributed by atoms with E-state index in [4.69, 9.17) is 0 Å². The number of nitrogens with one attached hydrogen (secondary N) is 1. The van der Waals surface area contributed by atoms with Gasteiger partial charge in [-0.05, 0) is 31.0 Å². The Hall–Kier alpha value is -2.41. The smallest absolute Gasteiger partial charge is 0.270 e. The number of nitrogens with zero attached hydrogens (tertiary/aromatic N) is 2. The summed E-state index contributed by atoms with van der Waals surface area (Å²) in [6, 6.07) is 4.80. The van der Waals surface area contributed by atoms with Crippen LogP contribution in [0.2, 0.25) is 0 Å². The van der Waals surface area contributed by atoms with Crippen molar-refractivity contribution in [2.75, 3.05) is 6.54 Å². The SMILES string of the molecule is O=C(NCC(O)c1c(F)cccc1F)c1ccnc(C2CCCC2)n1. The summed E-state index contributed by atoms with van der Waals surface area (Å²) in [6.07, 6.45) is 4.33. The first kappa shape index (κ1) is 17.4. The quantitative estimate of drug-likeness (QED) is 0.872. The average molecular weight is 347 g/mol. The maximum atomic E-state index is 13.6. The molecule has 25 heavy (non-hydrogen) atoms. The molecule has 1 fully saturated rings. The standard InChI is InChI=1S/C18H19F2N3O2/c19-12-6-3-7-13(20)16(12)15(24)10-22-18(25)14-8-9-21-17(23-14)11-4-1-2-5-11/h3,6-9,11,15,24H,1-2,4-5,10H2,(H,22,25). The average Bonchev–Trinajstić information content (AvgIpc) is 3.14. The number of amides is 1. The molecule has 3 rings (SSSR count). The topological polar surface area (TPSA) is 75.1 Å². The highest BCUT2D eigenvalue weighted by molar-refractivity contribution is 5.92. The number of aliphatic hydroxyl groups is 1. The minimum atomic E-state index is -1.48. The predicted octanol–water partition coefficient (Wildman–Crippen LogP) is 2.88. The minimum absolute atomic E-state index is 0.179. The van der Waals surface area contributed by atoms with Crippen LogP contribution in [0.3, 0.4) is 0 Å². The number of rotatable bonds is 5. The van der Waals surface area contributed by atoms with Crippen molar-refractivity contribution in [3.05, 3.63) is 59.2 Å². The van der Waals surface area contributed by atoms with E-state index in [-0.39, 0.29) is 18.2 Å². The van der Waals surface area contributed by atoms with Gasteiger partial charge in [0.2, 0.25) is 0 Å². The van der Waals surface area contributed by atoms with Crippen molar-refractivity contribution in [1.29, 1.82) is 0 Å². The number of hydrogen-bond donors (Lipinski definition) is 2. The highest BCUT2D eigenvalue weighted by Gasteiger charge is 2.22. The second-order valence-electron chi connectivity index (χ2n) is 6.14. The van der Waals surface area contributed by atoms with E-state index >= 15 is 0 Å². The predicted molar refractivity (Wildman–Crippen MR) is 86.9 cm³/mol.